The van der Waals surface area contributed by atoms with Crippen molar-refractivity contribution in [1.29, 1.82) is 0 Å². The van der Waals surface area contributed by atoms with Gasteiger partial charge in [0.25, 0.3) is 0 Å². The summed E-state index contributed by atoms with van der Waals surface area (Å²) in [7, 11) is 0. The largest absolute Gasteiger partial charge is 0.226 e. The highest BCUT2D eigenvalue weighted by atomic mass is 79.9. The van der Waals surface area contributed by atoms with E-state index in [1.807, 2.05) is 16.6 Å². The van der Waals surface area contributed by atoms with Gasteiger partial charge in [0.2, 0.25) is 0 Å². The van der Waals surface area contributed by atoms with Crippen molar-refractivity contribution < 1.29 is 0 Å². The Kier molecular flexibility index (Phi) is 1.87. The molecule has 0 aliphatic heterocycles. The first-order valence-corrected chi connectivity index (χ1v) is 5.75. The number of aromatic nitrogens is 2. The SMILES string of the molecule is Brc1cccc2cc(CC3CC3)nn12. The van der Waals surface area contributed by atoms with Gasteiger partial charge in [0.05, 0.1) is 11.2 Å². The van der Waals surface area contributed by atoms with Crippen LogP contribution >= 0.6 is 15.9 Å². The molecule has 0 bridgehead atoms. The number of nitrogens with zero attached hydrogens (tertiary/aromatic N) is 2. The number of rotatable bonds is 2. The van der Waals surface area contributed by atoms with Gasteiger partial charge in [0.15, 0.2) is 0 Å². The molecule has 0 unspecified atom stereocenters. The number of pyridine rings is 1. The molecule has 0 radical (unpaired) electrons. The standard InChI is InChI=1S/C11H11BrN2/c12-11-3-1-2-10-7-9(13-14(10)11)6-8-4-5-8/h1-3,7-8H,4-6H2. The van der Waals surface area contributed by atoms with Crippen LogP contribution in [0.1, 0.15) is 18.5 Å². The summed E-state index contributed by atoms with van der Waals surface area (Å²) >= 11 is 3.49. The maximum absolute atomic E-state index is 4.56. The summed E-state index contributed by atoms with van der Waals surface area (Å²) in [5.41, 5.74) is 2.40. The number of hydrogen-bond donors (Lipinski definition) is 0. The second-order valence-corrected chi connectivity index (χ2v) is 4.78. The lowest BCUT2D eigenvalue weighted by Crippen LogP contribution is -1.91. The number of hydrogen-bond acceptors (Lipinski definition) is 1. The Bertz CT molecular complexity index is 471. The van der Waals surface area contributed by atoms with Gasteiger partial charge in [-0.2, -0.15) is 5.10 Å². The van der Waals surface area contributed by atoms with E-state index < -0.39 is 0 Å². The van der Waals surface area contributed by atoms with Crippen LogP contribution in [0.25, 0.3) is 5.52 Å². The zero-order valence-electron chi connectivity index (χ0n) is 7.78. The molecule has 1 saturated carbocycles. The van der Waals surface area contributed by atoms with Crippen LogP contribution in [-0.2, 0) is 6.42 Å². The van der Waals surface area contributed by atoms with Gasteiger partial charge in [-0.05, 0) is 59.3 Å². The fourth-order valence-corrected chi connectivity index (χ4v) is 2.19. The molecule has 14 heavy (non-hydrogen) atoms. The van der Waals surface area contributed by atoms with Crippen molar-refractivity contribution in [2.45, 2.75) is 19.3 Å². The molecule has 3 heteroatoms. The van der Waals surface area contributed by atoms with Crippen LogP contribution in [0.3, 0.4) is 0 Å². The second kappa shape index (κ2) is 3.09. The van der Waals surface area contributed by atoms with Gasteiger partial charge in [0, 0.05) is 0 Å². The van der Waals surface area contributed by atoms with Gasteiger partial charge in [-0.25, -0.2) is 4.52 Å². The number of fused-ring (bicyclic) bond motifs is 1. The molecule has 3 rings (SSSR count). The predicted molar refractivity (Wildman–Crippen MR) is 59.3 cm³/mol. The minimum Gasteiger partial charge on any atom is -0.226 e. The maximum atomic E-state index is 4.56. The summed E-state index contributed by atoms with van der Waals surface area (Å²) in [5, 5.41) is 4.56. The van der Waals surface area contributed by atoms with Gasteiger partial charge in [0.1, 0.15) is 4.60 Å². The number of halogens is 1. The third-order valence-electron chi connectivity index (χ3n) is 2.69. The minimum atomic E-state index is 0.902. The smallest absolute Gasteiger partial charge is 0.108 e. The summed E-state index contributed by atoms with van der Waals surface area (Å²) in [5.74, 6) is 0.902. The highest BCUT2D eigenvalue weighted by Gasteiger charge is 2.22. The molecule has 0 aromatic carbocycles. The first-order chi connectivity index (χ1) is 6.83. The van der Waals surface area contributed by atoms with E-state index in [4.69, 9.17) is 0 Å². The monoisotopic (exact) mass is 250 g/mol. The van der Waals surface area contributed by atoms with Crippen LogP contribution in [0.5, 0.6) is 0 Å². The Hall–Kier alpha value is -0.830. The van der Waals surface area contributed by atoms with Crippen molar-refractivity contribution in [2.24, 2.45) is 5.92 Å². The Labute approximate surface area is 91.1 Å². The van der Waals surface area contributed by atoms with Crippen molar-refractivity contribution in [2.75, 3.05) is 0 Å². The molecule has 2 nitrogen and oxygen atoms in total. The van der Waals surface area contributed by atoms with E-state index in [0.29, 0.717) is 0 Å². The average molecular weight is 251 g/mol. The van der Waals surface area contributed by atoms with Gasteiger partial charge in [-0.15, -0.1) is 0 Å². The van der Waals surface area contributed by atoms with E-state index in [0.717, 1.165) is 16.9 Å². The van der Waals surface area contributed by atoms with E-state index in [9.17, 15) is 0 Å². The molecule has 72 valence electrons. The molecule has 0 saturated heterocycles. The maximum Gasteiger partial charge on any atom is 0.108 e. The van der Waals surface area contributed by atoms with Gasteiger partial charge >= 0.3 is 0 Å². The van der Waals surface area contributed by atoms with Crippen molar-refractivity contribution in [3.05, 3.63) is 34.6 Å². The molecule has 0 spiro atoms. The summed E-state index contributed by atoms with van der Waals surface area (Å²) in [6.45, 7) is 0. The fourth-order valence-electron chi connectivity index (χ4n) is 1.75. The first kappa shape index (κ1) is 8.48. The minimum absolute atomic E-state index is 0.902. The summed E-state index contributed by atoms with van der Waals surface area (Å²) in [4.78, 5) is 0. The zero-order chi connectivity index (χ0) is 9.54. The molecular formula is C11H11BrN2. The van der Waals surface area contributed by atoms with E-state index >= 15 is 0 Å². The Morgan fingerprint density at radius 2 is 2.29 bits per heavy atom. The lowest BCUT2D eigenvalue weighted by Gasteiger charge is -1.94. The van der Waals surface area contributed by atoms with Crippen LogP contribution in [0.2, 0.25) is 0 Å². The lowest BCUT2D eigenvalue weighted by atomic mass is 10.2. The lowest BCUT2D eigenvalue weighted by molar-refractivity contribution is 0.777. The topological polar surface area (TPSA) is 17.3 Å². The second-order valence-electron chi connectivity index (χ2n) is 3.97. The quantitative estimate of drug-likeness (QED) is 0.750. The highest BCUT2D eigenvalue weighted by molar-refractivity contribution is 9.10. The molecular weight excluding hydrogens is 240 g/mol. The van der Waals surface area contributed by atoms with Gasteiger partial charge in [-0.1, -0.05) is 6.07 Å². The van der Waals surface area contributed by atoms with Crippen LogP contribution in [0.15, 0.2) is 28.9 Å². The average Bonchev–Trinajstić information content (AvgIpc) is 2.84. The molecule has 1 aliphatic rings. The van der Waals surface area contributed by atoms with Gasteiger partial charge < -0.3 is 0 Å². The van der Waals surface area contributed by atoms with Crippen molar-refractivity contribution in [3.63, 3.8) is 0 Å². The first-order valence-electron chi connectivity index (χ1n) is 4.96. The zero-order valence-corrected chi connectivity index (χ0v) is 9.37. The Morgan fingerprint density at radius 1 is 1.43 bits per heavy atom. The molecule has 0 amide bonds. The molecule has 0 atom stereocenters. The molecule has 2 aromatic rings. The van der Waals surface area contributed by atoms with Crippen molar-refractivity contribution in [1.82, 2.24) is 9.61 Å². The molecule has 0 N–H and O–H groups in total. The summed E-state index contributed by atoms with van der Waals surface area (Å²) < 4.78 is 2.98. The molecule has 1 fully saturated rings. The summed E-state index contributed by atoms with van der Waals surface area (Å²) in [6, 6.07) is 8.33. The Morgan fingerprint density at radius 3 is 3.00 bits per heavy atom. The normalized spacial score (nSPS) is 16.4. The fraction of sp³-hybridized carbons (Fsp3) is 0.364. The van der Waals surface area contributed by atoms with Crippen molar-refractivity contribution >= 4 is 21.4 Å². The van der Waals surface area contributed by atoms with Crippen LogP contribution < -0.4 is 0 Å². The van der Waals surface area contributed by atoms with Gasteiger partial charge in [-0.3, -0.25) is 0 Å². The van der Waals surface area contributed by atoms with Crippen LogP contribution in [0, 0.1) is 5.92 Å². The van der Waals surface area contributed by atoms with Crippen LogP contribution in [0.4, 0.5) is 0 Å². The third-order valence-corrected chi connectivity index (χ3v) is 3.29. The third kappa shape index (κ3) is 1.46. The van der Waals surface area contributed by atoms with Crippen LogP contribution in [-0.4, -0.2) is 9.61 Å². The summed E-state index contributed by atoms with van der Waals surface area (Å²) in [6.07, 6.45) is 3.91. The van der Waals surface area contributed by atoms with E-state index in [2.05, 4.69) is 33.2 Å². The van der Waals surface area contributed by atoms with Crippen molar-refractivity contribution in [3.8, 4) is 0 Å². The highest BCUT2D eigenvalue weighted by Crippen LogP contribution is 2.32. The molecule has 2 aromatic heterocycles. The Balaban J connectivity index is 2.05. The van der Waals surface area contributed by atoms with E-state index in [1.165, 1.54) is 24.1 Å². The predicted octanol–water partition coefficient (Wildman–Crippen LogP) is 3.05. The molecule has 2 heterocycles. The molecule has 1 aliphatic carbocycles. The van der Waals surface area contributed by atoms with E-state index in [-0.39, 0.29) is 0 Å². The van der Waals surface area contributed by atoms with E-state index in [1.54, 1.807) is 0 Å².